The topological polar surface area (TPSA) is 29.4 Å². The summed E-state index contributed by atoms with van der Waals surface area (Å²) in [6.07, 6.45) is 2.86. The summed E-state index contributed by atoms with van der Waals surface area (Å²) < 4.78 is 0. The van der Waals surface area contributed by atoms with Crippen molar-refractivity contribution in [3.8, 4) is 0 Å². The molecule has 2 heteroatoms. The predicted octanol–water partition coefficient (Wildman–Crippen LogP) is 4.57. The molecule has 0 aliphatic rings. The first-order valence-electron chi connectivity index (χ1n) is 6.65. The molecule has 0 aromatic heterocycles. The van der Waals surface area contributed by atoms with Crippen LogP contribution >= 0.6 is 0 Å². The number of nitrogens with zero attached hydrogens (tertiary/aromatic N) is 1. The Bertz CT molecular complexity index is 311. The van der Waals surface area contributed by atoms with Crippen LogP contribution in [-0.4, -0.2) is 6.08 Å². The highest BCUT2D eigenvalue weighted by Gasteiger charge is 2.20. The molecule has 0 aliphatic carbocycles. The summed E-state index contributed by atoms with van der Waals surface area (Å²) in [5.41, 5.74) is 2.17. The number of rotatable bonds is 6. The molecule has 0 radical (unpaired) electrons. The summed E-state index contributed by atoms with van der Waals surface area (Å²) in [5, 5.41) is 0. The Kier molecular flexibility index (Phi) is 7.06. The van der Waals surface area contributed by atoms with Gasteiger partial charge in [0.2, 0.25) is 6.08 Å². The fourth-order valence-corrected chi connectivity index (χ4v) is 1.93. The van der Waals surface area contributed by atoms with E-state index in [9.17, 15) is 4.79 Å². The highest BCUT2D eigenvalue weighted by molar-refractivity contribution is 5.38. The van der Waals surface area contributed by atoms with Gasteiger partial charge in [-0.05, 0) is 30.3 Å². The van der Waals surface area contributed by atoms with Gasteiger partial charge in [0.05, 0.1) is 5.70 Å². The van der Waals surface area contributed by atoms with Crippen LogP contribution in [-0.2, 0) is 4.79 Å². The van der Waals surface area contributed by atoms with Crippen molar-refractivity contribution in [2.24, 2.45) is 28.7 Å². The van der Waals surface area contributed by atoms with Gasteiger partial charge in [-0.15, -0.1) is 0 Å². The summed E-state index contributed by atoms with van der Waals surface area (Å²) in [4.78, 5) is 14.5. The molecule has 0 bridgehead atoms. The predicted molar refractivity (Wildman–Crippen MR) is 73.4 cm³/mol. The number of hydrogen-bond acceptors (Lipinski definition) is 2. The summed E-state index contributed by atoms with van der Waals surface area (Å²) in [6.45, 7) is 15.2. The van der Waals surface area contributed by atoms with Gasteiger partial charge in [0.1, 0.15) is 0 Å². The van der Waals surface area contributed by atoms with Crippen molar-refractivity contribution in [1.82, 2.24) is 0 Å². The lowest BCUT2D eigenvalue weighted by molar-refractivity contribution is 0.408. The van der Waals surface area contributed by atoms with Gasteiger partial charge in [-0.2, -0.15) is 4.99 Å². The fourth-order valence-electron chi connectivity index (χ4n) is 1.93. The lowest BCUT2D eigenvalue weighted by Crippen LogP contribution is -2.14. The SMILES string of the molecule is CCC(C)C(C)/C(C)=C(\N=C=O)C(C)C(C)C. The number of isocyanates is 1. The smallest absolute Gasteiger partial charge is 0.211 e. The highest BCUT2D eigenvalue weighted by Crippen LogP contribution is 2.31. The third kappa shape index (κ3) is 4.47. The molecule has 0 fully saturated rings. The molecular formula is C15H27NO. The average molecular weight is 237 g/mol. The fraction of sp³-hybridized carbons (Fsp3) is 0.800. The molecule has 0 heterocycles. The van der Waals surface area contributed by atoms with Crippen LogP contribution in [0, 0.1) is 23.7 Å². The van der Waals surface area contributed by atoms with Crippen molar-refractivity contribution in [2.45, 2.75) is 54.9 Å². The maximum atomic E-state index is 10.6. The van der Waals surface area contributed by atoms with Crippen molar-refractivity contribution in [3.05, 3.63) is 11.3 Å². The first-order valence-corrected chi connectivity index (χ1v) is 6.65. The molecule has 0 spiro atoms. The zero-order chi connectivity index (χ0) is 13.6. The standard InChI is InChI=1S/C15H27NO/c1-8-11(4)13(6)14(7)15(16-9-17)12(5)10(2)3/h10-13H,8H2,1-7H3/b15-14-. The molecule has 0 N–H and O–H groups in total. The van der Waals surface area contributed by atoms with Gasteiger partial charge in [-0.1, -0.05) is 48.0 Å². The van der Waals surface area contributed by atoms with E-state index in [1.54, 1.807) is 6.08 Å². The minimum Gasteiger partial charge on any atom is -0.211 e. The molecule has 0 saturated heterocycles. The van der Waals surface area contributed by atoms with Crippen LogP contribution in [0.4, 0.5) is 0 Å². The van der Waals surface area contributed by atoms with E-state index in [0.717, 1.165) is 12.1 Å². The molecule has 2 nitrogen and oxygen atoms in total. The van der Waals surface area contributed by atoms with Crippen molar-refractivity contribution in [2.75, 3.05) is 0 Å². The molecular weight excluding hydrogens is 210 g/mol. The van der Waals surface area contributed by atoms with E-state index >= 15 is 0 Å². The highest BCUT2D eigenvalue weighted by atomic mass is 16.1. The van der Waals surface area contributed by atoms with E-state index in [1.165, 1.54) is 5.57 Å². The zero-order valence-corrected chi connectivity index (χ0v) is 12.4. The van der Waals surface area contributed by atoms with Gasteiger partial charge in [-0.3, -0.25) is 0 Å². The lowest BCUT2D eigenvalue weighted by atomic mass is 9.82. The molecule has 3 unspecified atom stereocenters. The first-order chi connectivity index (χ1) is 7.86. The summed E-state index contributed by atoms with van der Waals surface area (Å²) in [7, 11) is 0. The van der Waals surface area contributed by atoms with Gasteiger partial charge >= 0.3 is 0 Å². The lowest BCUT2D eigenvalue weighted by Gasteiger charge is -2.24. The summed E-state index contributed by atoms with van der Waals surface area (Å²) in [6, 6.07) is 0. The maximum absolute atomic E-state index is 10.6. The largest absolute Gasteiger partial charge is 0.240 e. The van der Waals surface area contributed by atoms with Crippen molar-refractivity contribution >= 4 is 6.08 Å². The number of aliphatic imine (C=N–C) groups is 1. The van der Waals surface area contributed by atoms with E-state index in [1.807, 2.05) is 0 Å². The van der Waals surface area contributed by atoms with Crippen LogP contribution in [0.25, 0.3) is 0 Å². The van der Waals surface area contributed by atoms with Gasteiger partial charge in [0, 0.05) is 5.92 Å². The third-order valence-corrected chi connectivity index (χ3v) is 4.18. The summed E-state index contributed by atoms with van der Waals surface area (Å²) in [5.74, 6) is 1.88. The van der Waals surface area contributed by atoms with Gasteiger partial charge in [-0.25, -0.2) is 4.79 Å². The molecule has 0 aliphatic heterocycles. The molecule has 0 aromatic rings. The third-order valence-electron chi connectivity index (χ3n) is 4.18. The Labute approximate surface area is 106 Å². The van der Waals surface area contributed by atoms with E-state index in [0.29, 0.717) is 23.7 Å². The molecule has 0 saturated carbocycles. The number of carbonyl (C=O) groups excluding carboxylic acids is 1. The quantitative estimate of drug-likeness (QED) is 0.491. The molecule has 17 heavy (non-hydrogen) atoms. The second-order valence-electron chi connectivity index (χ2n) is 5.48. The number of allylic oxidation sites excluding steroid dienone is 2. The van der Waals surface area contributed by atoms with Gasteiger partial charge < -0.3 is 0 Å². The first kappa shape index (κ1) is 16.1. The zero-order valence-electron chi connectivity index (χ0n) is 12.4. The second kappa shape index (κ2) is 7.45. The average Bonchev–Trinajstić information content (AvgIpc) is 2.32. The van der Waals surface area contributed by atoms with Crippen LogP contribution in [0.3, 0.4) is 0 Å². The van der Waals surface area contributed by atoms with Crippen LogP contribution in [0.1, 0.15) is 54.9 Å². The van der Waals surface area contributed by atoms with E-state index in [2.05, 4.69) is 53.5 Å². The minimum absolute atomic E-state index is 0.308. The van der Waals surface area contributed by atoms with Crippen LogP contribution in [0.2, 0.25) is 0 Å². The summed E-state index contributed by atoms with van der Waals surface area (Å²) >= 11 is 0. The Morgan fingerprint density at radius 3 is 2.00 bits per heavy atom. The van der Waals surface area contributed by atoms with Crippen molar-refractivity contribution in [1.29, 1.82) is 0 Å². The van der Waals surface area contributed by atoms with Crippen LogP contribution in [0.5, 0.6) is 0 Å². The molecule has 0 amide bonds. The Balaban J connectivity index is 5.32. The Hall–Kier alpha value is -0.880. The van der Waals surface area contributed by atoms with E-state index < -0.39 is 0 Å². The van der Waals surface area contributed by atoms with E-state index in [4.69, 9.17) is 0 Å². The molecule has 0 aromatic carbocycles. The van der Waals surface area contributed by atoms with E-state index in [-0.39, 0.29) is 0 Å². The Morgan fingerprint density at radius 1 is 1.12 bits per heavy atom. The van der Waals surface area contributed by atoms with Crippen LogP contribution in [0.15, 0.2) is 16.3 Å². The van der Waals surface area contributed by atoms with Crippen molar-refractivity contribution < 1.29 is 4.79 Å². The maximum Gasteiger partial charge on any atom is 0.240 e. The monoisotopic (exact) mass is 237 g/mol. The normalized spacial score (nSPS) is 18.1. The molecule has 98 valence electrons. The number of hydrogen-bond donors (Lipinski definition) is 0. The van der Waals surface area contributed by atoms with Crippen LogP contribution < -0.4 is 0 Å². The van der Waals surface area contributed by atoms with Gasteiger partial charge in [0.15, 0.2) is 0 Å². The molecule has 0 rings (SSSR count). The van der Waals surface area contributed by atoms with Crippen molar-refractivity contribution in [3.63, 3.8) is 0 Å². The van der Waals surface area contributed by atoms with Gasteiger partial charge in [0.25, 0.3) is 0 Å². The molecule has 3 atom stereocenters. The second-order valence-corrected chi connectivity index (χ2v) is 5.48. The minimum atomic E-state index is 0.308. The Morgan fingerprint density at radius 2 is 1.65 bits per heavy atom.